The van der Waals surface area contributed by atoms with Crippen molar-refractivity contribution in [1.29, 1.82) is 0 Å². The summed E-state index contributed by atoms with van der Waals surface area (Å²) in [4.78, 5) is 12.1. The molecule has 1 amide bonds. The highest BCUT2D eigenvalue weighted by atomic mass is 35.5. The van der Waals surface area contributed by atoms with Gasteiger partial charge in [-0.15, -0.1) is 0 Å². The van der Waals surface area contributed by atoms with Crippen LogP contribution >= 0.6 is 11.6 Å². The first-order chi connectivity index (χ1) is 14.8. The lowest BCUT2D eigenvalue weighted by Gasteiger charge is -2.24. The van der Waals surface area contributed by atoms with E-state index in [4.69, 9.17) is 25.8 Å². The van der Waals surface area contributed by atoms with Crippen molar-refractivity contribution in [2.45, 2.75) is 12.8 Å². The molecule has 8 nitrogen and oxygen atoms in total. The summed E-state index contributed by atoms with van der Waals surface area (Å²) < 4.78 is 41.8. The number of amides is 1. The standard InChI is InChI=1S/C21H27ClN2O6S/c1-28-16-10-11-18(20(15-16)29-2)24(31(3,26)27)13-6-9-21(25)23-12-14-30-19-8-5-4-7-17(19)22/h4-5,7-8,10-11,15H,6,9,12-14H2,1-3H3,(H,23,25). The average molecular weight is 471 g/mol. The first-order valence-corrected chi connectivity index (χ1v) is 11.8. The third-order valence-corrected chi connectivity index (χ3v) is 5.83. The van der Waals surface area contributed by atoms with E-state index in [2.05, 4.69) is 5.32 Å². The van der Waals surface area contributed by atoms with Crippen LogP contribution < -0.4 is 23.8 Å². The average Bonchev–Trinajstić information content (AvgIpc) is 2.74. The van der Waals surface area contributed by atoms with E-state index in [0.29, 0.717) is 40.9 Å². The molecule has 0 radical (unpaired) electrons. The van der Waals surface area contributed by atoms with Crippen molar-refractivity contribution in [2.24, 2.45) is 0 Å². The van der Waals surface area contributed by atoms with Crippen LogP contribution in [0.5, 0.6) is 17.2 Å². The van der Waals surface area contributed by atoms with Gasteiger partial charge in [-0.05, 0) is 30.7 Å². The van der Waals surface area contributed by atoms with Gasteiger partial charge in [-0.1, -0.05) is 23.7 Å². The zero-order chi connectivity index (χ0) is 22.9. The van der Waals surface area contributed by atoms with Gasteiger partial charge >= 0.3 is 0 Å². The lowest BCUT2D eigenvalue weighted by Crippen LogP contribution is -2.33. The molecule has 0 heterocycles. The first kappa shape index (κ1) is 24.6. The van der Waals surface area contributed by atoms with Crippen molar-refractivity contribution in [2.75, 3.05) is 44.5 Å². The van der Waals surface area contributed by atoms with Crippen molar-refractivity contribution >= 4 is 33.2 Å². The molecule has 2 aromatic carbocycles. The Morgan fingerprint density at radius 2 is 1.84 bits per heavy atom. The van der Waals surface area contributed by atoms with Crippen LogP contribution in [0.1, 0.15) is 12.8 Å². The normalized spacial score (nSPS) is 11.0. The van der Waals surface area contributed by atoms with Gasteiger partial charge in [0.05, 0.1) is 37.7 Å². The molecule has 0 aliphatic heterocycles. The molecular formula is C21H27ClN2O6S. The number of carbonyl (C=O) groups is 1. The molecule has 0 fully saturated rings. The summed E-state index contributed by atoms with van der Waals surface area (Å²) in [6, 6.07) is 12.0. The Morgan fingerprint density at radius 1 is 1.10 bits per heavy atom. The van der Waals surface area contributed by atoms with E-state index < -0.39 is 10.0 Å². The fourth-order valence-electron chi connectivity index (χ4n) is 2.84. The van der Waals surface area contributed by atoms with Crippen LogP contribution in [0, 0.1) is 0 Å². The Bertz CT molecular complexity index is 984. The molecule has 0 saturated carbocycles. The van der Waals surface area contributed by atoms with Crippen molar-refractivity contribution in [3.05, 3.63) is 47.5 Å². The van der Waals surface area contributed by atoms with E-state index in [1.165, 1.54) is 18.5 Å². The second-order valence-corrected chi connectivity index (χ2v) is 8.92. The number of methoxy groups -OCH3 is 2. The Kier molecular flexibility index (Phi) is 9.26. The van der Waals surface area contributed by atoms with Crippen LogP contribution in [0.15, 0.2) is 42.5 Å². The van der Waals surface area contributed by atoms with Crippen LogP contribution in [-0.4, -0.2) is 54.5 Å². The summed E-state index contributed by atoms with van der Waals surface area (Å²) >= 11 is 6.01. The van der Waals surface area contributed by atoms with E-state index in [-0.39, 0.29) is 25.5 Å². The molecule has 1 N–H and O–H groups in total. The molecule has 0 spiro atoms. The summed E-state index contributed by atoms with van der Waals surface area (Å²) in [5.41, 5.74) is 0.388. The third kappa shape index (κ3) is 7.52. The molecule has 10 heteroatoms. The molecule has 2 aromatic rings. The van der Waals surface area contributed by atoms with Gasteiger partial charge in [0.25, 0.3) is 0 Å². The van der Waals surface area contributed by atoms with E-state index in [9.17, 15) is 13.2 Å². The van der Waals surface area contributed by atoms with Gasteiger partial charge in [-0.25, -0.2) is 8.42 Å². The van der Waals surface area contributed by atoms with Crippen LogP contribution in [0.25, 0.3) is 0 Å². The van der Waals surface area contributed by atoms with E-state index in [1.807, 2.05) is 6.07 Å². The largest absolute Gasteiger partial charge is 0.497 e. The maximum Gasteiger partial charge on any atom is 0.232 e. The highest BCUT2D eigenvalue weighted by molar-refractivity contribution is 7.92. The number of hydrogen-bond donors (Lipinski definition) is 1. The minimum atomic E-state index is -3.58. The van der Waals surface area contributed by atoms with Crippen molar-refractivity contribution in [3.63, 3.8) is 0 Å². The minimum Gasteiger partial charge on any atom is -0.497 e. The van der Waals surface area contributed by atoms with Crippen LogP contribution in [0.2, 0.25) is 5.02 Å². The molecule has 0 aliphatic carbocycles. The number of sulfonamides is 1. The molecular weight excluding hydrogens is 444 g/mol. The number of para-hydroxylation sites is 1. The number of anilines is 1. The number of benzene rings is 2. The summed E-state index contributed by atoms with van der Waals surface area (Å²) in [7, 11) is -0.605. The predicted molar refractivity (Wildman–Crippen MR) is 121 cm³/mol. The molecule has 2 rings (SSSR count). The fourth-order valence-corrected chi connectivity index (χ4v) is 4.00. The second-order valence-electron chi connectivity index (χ2n) is 6.61. The monoisotopic (exact) mass is 470 g/mol. The topological polar surface area (TPSA) is 94.2 Å². The molecule has 0 bridgehead atoms. The highest BCUT2D eigenvalue weighted by Gasteiger charge is 2.21. The molecule has 0 unspecified atom stereocenters. The Hall–Kier alpha value is -2.65. The zero-order valence-electron chi connectivity index (χ0n) is 17.8. The van der Waals surface area contributed by atoms with Crippen LogP contribution in [-0.2, 0) is 14.8 Å². The Morgan fingerprint density at radius 3 is 2.48 bits per heavy atom. The molecule has 0 saturated heterocycles. The molecule has 31 heavy (non-hydrogen) atoms. The van der Waals surface area contributed by atoms with Crippen LogP contribution in [0.3, 0.4) is 0 Å². The van der Waals surface area contributed by atoms with Gasteiger partial charge < -0.3 is 19.5 Å². The first-order valence-electron chi connectivity index (χ1n) is 9.60. The third-order valence-electron chi connectivity index (χ3n) is 4.34. The number of nitrogens with zero attached hydrogens (tertiary/aromatic N) is 1. The SMILES string of the molecule is COc1ccc(N(CCCC(=O)NCCOc2ccccc2Cl)S(C)(=O)=O)c(OC)c1. The number of nitrogens with one attached hydrogen (secondary N) is 1. The van der Waals surface area contributed by atoms with E-state index in [0.717, 1.165) is 6.26 Å². The summed E-state index contributed by atoms with van der Waals surface area (Å²) in [5, 5.41) is 3.25. The predicted octanol–water partition coefficient (Wildman–Crippen LogP) is 3.10. The Balaban J connectivity index is 1.86. The van der Waals surface area contributed by atoms with Gasteiger partial charge in [0.15, 0.2) is 0 Å². The number of ether oxygens (including phenoxy) is 3. The van der Waals surface area contributed by atoms with Gasteiger partial charge in [0, 0.05) is 19.0 Å². The quantitative estimate of drug-likeness (QED) is 0.479. The zero-order valence-corrected chi connectivity index (χ0v) is 19.3. The fraction of sp³-hybridized carbons (Fsp3) is 0.381. The summed E-state index contributed by atoms with van der Waals surface area (Å²) in [6.07, 6.45) is 1.61. The summed E-state index contributed by atoms with van der Waals surface area (Å²) in [5.74, 6) is 1.27. The lowest BCUT2D eigenvalue weighted by atomic mass is 10.2. The van der Waals surface area contributed by atoms with Gasteiger partial charge in [-0.3, -0.25) is 9.10 Å². The highest BCUT2D eigenvalue weighted by Crippen LogP contribution is 2.33. The van der Waals surface area contributed by atoms with Crippen molar-refractivity contribution < 1.29 is 27.4 Å². The minimum absolute atomic E-state index is 0.130. The number of halogens is 1. The number of hydrogen-bond acceptors (Lipinski definition) is 6. The van der Waals surface area contributed by atoms with Crippen molar-refractivity contribution in [1.82, 2.24) is 5.32 Å². The van der Waals surface area contributed by atoms with E-state index >= 15 is 0 Å². The van der Waals surface area contributed by atoms with Gasteiger partial charge in [-0.2, -0.15) is 0 Å². The smallest absolute Gasteiger partial charge is 0.232 e. The Labute approximate surface area is 188 Å². The maximum atomic E-state index is 12.3. The van der Waals surface area contributed by atoms with Gasteiger partial charge in [0.1, 0.15) is 23.9 Å². The maximum absolute atomic E-state index is 12.3. The van der Waals surface area contributed by atoms with E-state index in [1.54, 1.807) is 36.4 Å². The number of rotatable bonds is 12. The molecule has 170 valence electrons. The molecule has 0 aliphatic rings. The second kappa shape index (κ2) is 11.7. The van der Waals surface area contributed by atoms with Gasteiger partial charge in [0.2, 0.25) is 15.9 Å². The summed E-state index contributed by atoms with van der Waals surface area (Å²) in [6.45, 7) is 0.713. The molecule has 0 atom stereocenters. The lowest BCUT2D eigenvalue weighted by molar-refractivity contribution is -0.121. The number of carbonyl (C=O) groups excluding carboxylic acids is 1. The molecule has 0 aromatic heterocycles. The van der Waals surface area contributed by atoms with Crippen molar-refractivity contribution in [3.8, 4) is 17.2 Å². The van der Waals surface area contributed by atoms with Crippen LogP contribution in [0.4, 0.5) is 5.69 Å².